The Morgan fingerprint density at radius 3 is 2.38 bits per heavy atom. The van der Waals surface area contributed by atoms with Crippen molar-refractivity contribution in [1.82, 2.24) is 9.80 Å². The van der Waals surface area contributed by atoms with Gasteiger partial charge in [-0.15, -0.1) is 0 Å². The summed E-state index contributed by atoms with van der Waals surface area (Å²) in [5, 5.41) is 9.47. The zero-order chi connectivity index (χ0) is 17.1. The molecule has 7 heteroatoms. The molecule has 0 aliphatic carbocycles. The van der Waals surface area contributed by atoms with Gasteiger partial charge in [0.1, 0.15) is 18.0 Å². The summed E-state index contributed by atoms with van der Waals surface area (Å²) in [5.74, 6) is -0.945. The van der Waals surface area contributed by atoms with E-state index in [0.29, 0.717) is 32.8 Å². The van der Waals surface area contributed by atoms with Gasteiger partial charge in [0, 0.05) is 57.9 Å². The molecule has 2 heterocycles. The summed E-state index contributed by atoms with van der Waals surface area (Å²) in [6.45, 7) is 5.26. The first-order valence-electron chi connectivity index (χ1n) is 8.48. The predicted molar refractivity (Wildman–Crippen MR) is 88.6 cm³/mol. The smallest absolute Gasteiger partial charge is 0.153 e. The zero-order valence-electron chi connectivity index (χ0n) is 14.0. The number of hydrogen-bond acceptors (Lipinski definition) is 5. The van der Waals surface area contributed by atoms with Gasteiger partial charge in [-0.25, -0.2) is 8.78 Å². The number of piperazine rings is 1. The normalized spacial score (nSPS) is 23.0. The fourth-order valence-corrected chi connectivity index (χ4v) is 3.27. The maximum absolute atomic E-state index is 14.4. The average Bonchev–Trinajstić information content (AvgIpc) is 2.94. The van der Waals surface area contributed by atoms with Crippen LogP contribution in [0.1, 0.15) is 6.42 Å². The molecule has 134 valence electrons. The molecule has 0 radical (unpaired) electrons. The van der Waals surface area contributed by atoms with Crippen molar-refractivity contribution in [3.8, 4) is 5.75 Å². The number of halogens is 2. The first kappa shape index (κ1) is 17.4. The van der Waals surface area contributed by atoms with Crippen LogP contribution in [0.25, 0.3) is 0 Å². The van der Waals surface area contributed by atoms with Crippen LogP contribution < -0.4 is 9.64 Å². The van der Waals surface area contributed by atoms with Gasteiger partial charge < -0.3 is 19.6 Å². The Bertz CT molecular complexity index is 542. The van der Waals surface area contributed by atoms with E-state index < -0.39 is 11.6 Å². The molecular weight excluding hydrogens is 316 g/mol. The van der Waals surface area contributed by atoms with Gasteiger partial charge in [-0.1, -0.05) is 0 Å². The number of β-amino-alcohol motifs (C(OH)–C–C–N with tert-alkyl or cyclic N) is 1. The summed E-state index contributed by atoms with van der Waals surface area (Å²) in [4.78, 5) is 5.97. The number of aliphatic hydroxyl groups is 1. The first-order chi connectivity index (χ1) is 11.5. The molecule has 24 heavy (non-hydrogen) atoms. The summed E-state index contributed by atoms with van der Waals surface area (Å²) in [6.07, 6.45) is 0.492. The maximum atomic E-state index is 14.4. The van der Waals surface area contributed by atoms with Gasteiger partial charge in [0.05, 0.1) is 6.10 Å². The lowest BCUT2D eigenvalue weighted by Crippen LogP contribution is -2.45. The van der Waals surface area contributed by atoms with Gasteiger partial charge in [0.15, 0.2) is 11.6 Å². The Labute approximate surface area is 141 Å². The molecule has 1 aromatic carbocycles. The highest BCUT2D eigenvalue weighted by Gasteiger charge is 2.22. The summed E-state index contributed by atoms with van der Waals surface area (Å²) in [7, 11) is 2.00. The van der Waals surface area contributed by atoms with Crippen LogP contribution in [-0.2, 0) is 0 Å². The van der Waals surface area contributed by atoms with Crippen molar-refractivity contribution in [2.75, 3.05) is 64.4 Å². The molecule has 2 aliphatic rings. The van der Waals surface area contributed by atoms with E-state index in [1.54, 1.807) is 4.90 Å². The third-order valence-corrected chi connectivity index (χ3v) is 4.73. The van der Waals surface area contributed by atoms with Gasteiger partial charge >= 0.3 is 0 Å². The molecule has 0 bridgehead atoms. The largest absolute Gasteiger partial charge is 0.492 e. The summed E-state index contributed by atoms with van der Waals surface area (Å²) in [6, 6.07) is 2.52. The number of aliphatic hydroxyl groups excluding tert-OH is 1. The second-order valence-electron chi connectivity index (χ2n) is 6.62. The molecule has 2 saturated heterocycles. The maximum Gasteiger partial charge on any atom is 0.153 e. The molecule has 3 rings (SSSR count). The van der Waals surface area contributed by atoms with Crippen molar-refractivity contribution in [1.29, 1.82) is 0 Å². The van der Waals surface area contributed by atoms with E-state index in [0.717, 1.165) is 26.1 Å². The van der Waals surface area contributed by atoms with E-state index in [4.69, 9.17) is 4.74 Å². The Morgan fingerprint density at radius 2 is 1.79 bits per heavy atom. The highest BCUT2D eigenvalue weighted by atomic mass is 19.1. The molecule has 0 spiro atoms. The highest BCUT2D eigenvalue weighted by molar-refractivity contribution is 5.52. The first-order valence-corrected chi connectivity index (χ1v) is 8.48. The number of rotatable bonds is 5. The van der Waals surface area contributed by atoms with Crippen LogP contribution in [0.15, 0.2) is 12.1 Å². The standard InChI is InChI=1S/C17H25F2N3O2/c1-20-4-6-22(7-5-20)17-15(18)10-14(11-16(17)19)24-9-8-21-3-2-13(23)12-21/h10-11,13,23H,2-9,12H2,1H3. The number of anilines is 1. The molecule has 1 N–H and O–H groups in total. The third kappa shape index (κ3) is 4.15. The minimum atomic E-state index is -0.578. The van der Waals surface area contributed by atoms with Gasteiger partial charge in [-0.05, 0) is 13.5 Å². The average molecular weight is 341 g/mol. The number of hydrogen-bond donors (Lipinski definition) is 1. The quantitative estimate of drug-likeness (QED) is 0.870. The predicted octanol–water partition coefficient (Wildman–Crippen LogP) is 1.16. The van der Waals surface area contributed by atoms with Crippen LogP contribution in [0.5, 0.6) is 5.75 Å². The number of benzene rings is 1. The third-order valence-electron chi connectivity index (χ3n) is 4.73. The molecular formula is C17H25F2N3O2. The number of ether oxygens (including phenoxy) is 1. The van der Waals surface area contributed by atoms with Gasteiger partial charge in [0.25, 0.3) is 0 Å². The second kappa shape index (κ2) is 7.63. The van der Waals surface area contributed by atoms with Crippen molar-refractivity contribution in [2.45, 2.75) is 12.5 Å². The van der Waals surface area contributed by atoms with Crippen LogP contribution in [-0.4, -0.2) is 80.5 Å². The van der Waals surface area contributed by atoms with Crippen LogP contribution in [0.2, 0.25) is 0 Å². The van der Waals surface area contributed by atoms with Crippen molar-refractivity contribution in [3.63, 3.8) is 0 Å². The monoisotopic (exact) mass is 341 g/mol. The molecule has 0 amide bonds. The minimum absolute atomic E-state index is 0.0399. The van der Waals surface area contributed by atoms with Crippen LogP contribution in [0.4, 0.5) is 14.5 Å². The molecule has 0 saturated carbocycles. The lowest BCUT2D eigenvalue weighted by atomic mass is 10.2. The molecule has 1 unspecified atom stereocenters. The minimum Gasteiger partial charge on any atom is -0.492 e. The zero-order valence-corrected chi connectivity index (χ0v) is 14.0. The number of likely N-dealkylation sites (tertiary alicyclic amines) is 1. The Hall–Kier alpha value is -1.44. The molecule has 2 aliphatic heterocycles. The molecule has 0 aromatic heterocycles. The van der Waals surface area contributed by atoms with Crippen molar-refractivity contribution < 1.29 is 18.6 Å². The van der Waals surface area contributed by atoms with E-state index in [1.807, 2.05) is 7.05 Å². The lowest BCUT2D eigenvalue weighted by molar-refractivity contribution is 0.167. The van der Waals surface area contributed by atoms with E-state index >= 15 is 0 Å². The van der Waals surface area contributed by atoms with E-state index in [9.17, 15) is 13.9 Å². The van der Waals surface area contributed by atoms with Gasteiger partial charge in [0.2, 0.25) is 0 Å². The summed E-state index contributed by atoms with van der Waals surface area (Å²) >= 11 is 0. The van der Waals surface area contributed by atoms with E-state index in [1.165, 1.54) is 12.1 Å². The van der Waals surface area contributed by atoms with Crippen LogP contribution in [0, 0.1) is 11.6 Å². The van der Waals surface area contributed by atoms with Crippen molar-refractivity contribution in [3.05, 3.63) is 23.8 Å². The summed E-state index contributed by atoms with van der Waals surface area (Å²) < 4.78 is 34.2. The Kier molecular flexibility index (Phi) is 5.53. The highest BCUT2D eigenvalue weighted by Crippen LogP contribution is 2.29. The van der Waals surface area contributed by atoms with E-state index in [-0.39, 0.29) is 17.5 Å². The number of likely N-dealkylation sites (N-methyl/N-ethyl adjacent to an activating group) is 1. The Morgan fingerprint density at radius 1 is 1.12 bits per heavy atom. The molecule has 1 aromatic rings. The van der Waals surface area contributed by atoms with Crippen molar-refractivity contribution in [2.24, 2.45) is 0 Å². The fourth-order valence-electron chi connectivity index (χ4n) is 3.27. The number of nitrogens with zero attached hydrogens (tertiary/aromatic N) is 3. The topological polar surface area (TPSA) is 39.2 Å². The van der Waals surface area contributed by atoms with Crippen LogP contribution >= 0.6 is 0 Å². The van der Waals surface area contributed by atoms with Crippen molar-refractivity contribution >= 4 is 5.69 Å². The van der Waals surface area contributed by atoms with Gasteiger partial charge in [-0.2, -0.15) is 0 Å². The SMILES string of the molecule is CN1CCN(c2c(F)cc(OCCN3CCC(O)C3)cc2F)CC1. The lowest BCUT2D eigenvalue weighted by Gasteiger charge is -2.34. The molecule has 2 fully saturated rings. The van der Waals surface area contributed by atoms with E-state index in [2.05, 4.69) is 9.80 Å². The molecule has 5 nitrogen and oxygen atoms in total. The summed E-state index contributed by atoms with van der Waals surface area (Å²) in [5.41, 5.74) is 0.0399. The Balaban J connectivity index is 1.57. The van der Waals surface area contributed by atoms with Crippen LogP contribution in [0.3, 0.4) is 0 Å². The molecule has 1 atom stereocenters. The second-order valence-corrected chi connectivity index (χ2v) is 6.62. The van der Waals surface area contributed by atoms with Gasteiger partial charge in [-0.3, -0.25) is 4.90 Å². The fraction of sp³-hybridized carbons (Fsp3) is 0.647.